The fourth-order valence-electron chi connectivity index (χ4n) is 2.57. The molecule has 0 unspecified atom stereocenters. The maximum atomic E-state index is 13.2. The van der Waals surface area contributed by atoms with Crippen LogP contribution < -0.4 is 10.2 Å². The normalized spacial score (nSPS) is 18.8. The van der Waals surface area contributed by atoms with E-state index in [0.29, 0.717) is 12.1 Å². The molecule has 2 amide bonds. The van der Waals surface area contributed by atoms with Crippen molar-refractivity contribution in [2.75, 3.05) is 30.1 Å². The van der Waals surface area contributed by atoms with E-state index in [0.717, 1.165) is 5.75 Å². The van der Waals surface area contributed by atoms with E-state index in [1.807, 2.05) is 6.26 Å². The third kappa shape index (κ3) is 4.62. The standard InChI is InChI=1S/C16H20ClFN2O3S/c1-24-5-4-11(9-21)19-16(23)10-6-15(22)20(8-10)12-2-3-14(18)13(17)7-12/h2-3,7,10-11,21H,4-6,8-9H2,1H3,(H,19,23)/t10-,11-/m1/s1. The molecule has 0 spiro atoms. The second-order valence-electron chi connectivity index (χ2n) is 5.67. The molecular formula is C16H20ClFN2O3S. The van der Waals surface area contributed by atoms with Crippen LogP contribution in [-0.2, 0) is 9.59 Å². The van der Waals surface area contributed by atoms with Gasteiger partial charge >= 0.3 is 0 Å². The smallest absolute Gasteiger partial charge is 0.227 e. The third-order valence-electron chi connectivity index (χ3n) is 3.95. The molecule has 2 rings (SSSR count). The first-order chi connectivity index (χ1) is 11.5. The Morgan fingerprint density at radius 3 is 2.96 bits per heavy atom. The fourth-order valence-corrected chi connectivity index (χ4v) is 3.27. The van der Waals surface area contributed by atoms with Crippen LogP contribution in [0, 0.1) is 11.7 Å². The van der Waals surface area contributed by atoms with Crippen molar-refractivity contribution in [2.45, 2.75) is 18.9 Å². The first-order valence-corrected chi connectivity index (χ1v) is 9.39. The number of thioether (sulfide) groups is 1. The summed E-state index contributed by atoms with van der Waals surface area (Å²) in [5.74, 6) is -0.678. The van der Waals surface area contributed by atoms with Crippen LogP contribution in [0.15, 0.2) is 18.2 Å². The third-order valence-corrected chi connectivity index (χ3v) is 4.88. The van der Waals surface area contributed by atoms with E-state index in [2.05, 4.69) is 5.32 Å². The van der Waals surface area contributed by atoms with Gasteiger partial charge in [-0.3, -0.25) is 9.59 Å². The molecule has 0 bridgehead atoms. The van der Waals surface area contributed by atoms with Crippen LogP contribution in [0.1, 0.15) is 12.8 Å². The van der Waals surface area contributed by atoms with Gasteiger partial charge in [-0.15, -0.1) is 0 Å². The molecule has 1 aliphatic rings. The number of hydrogen-bond donors (Lipinski definition) is 2. The monoisotopic (exact) mass is 374 g/mol. The molecule has 0 aromatic heterocycles. The van der Waals surface area contributed by atoms with E-state index in [1.165, 1.54) is 23.1 Å². The van der Waals surface area contributed by atoms with Gasteiger partial charge in [0.1, 0.15) is 5.82 Å². The Bertz CT molecular complexity index is 617. The highest BCUT2D eigenvalue weighted by Gasteiger charge is 2.35. The molecule has 1 heterocycles. The number of nitrogens with zero attached hydrogens (tertiary/aromatic N) is 1. The molecule has 1 aromatic carbocycles. The fraction of sp³-hybridized carbons (Fsp3) is 0.500. The van der Waals surface area contributed by atoms with E-state index >= 15 is 0 Å². The zero-order valence-corrected chi connectivity index (χ0v) is 14.9. The SMILES string of the molecule is CSCC[C@H](CO)NC(=O)[C@@H]1CC(=O)N(c2ccc(F)c(Cl)c2)C1. The number of carbonyl (C=O) groups excluding carboxylic acids is 2. The minimum Gasteiger partial charge on any atom is -0.394 e. The van der Waals surface area contributed by atoms with Crippen LogP contribution in [0.2, 0.25) is 5.02 Å². The van der Waals surface area contributed by atoms with Gasteiger partial charge in [-0.25, -0.2) is 4.39 Å². The molecule has 0 saturated carbocycles. The van der Waals surface area contributed by atoms with Gasteiger partial charge in [0.05, 0.1) is 23.6 Å². The van der Waals surface area contributed by atoms with Gasteiger partial charge in [-0.1, -0.05) is 11.6 Å². The van der Waals surface area contributed by atoms with E-state index in [9.17, 15) is 19.1 Å². The van der Waals surface area contributed by atoms with Crippen LogP contribution in [-0.4, -0.2) is 48.1 Å². The molecule has 132 valence electrons. The summed E-state index contributed by atoms with van der Waals surface area (Å²) in [6.07, 6.45) is 2.71. The van der Waals surface area contributed by atoms with E-state index in [-0.39, 0.29) is 42.5 Å². The molecule has 24 heavy (non-hydrogen) atoms. The molecule has 8 heteroatoms. The molecule has 1 saturated heterocycles. The van der Waals surface area contributed by atoms with Crippen LogP contribution in [0.5, 0.6) is 0 Å². The number of carbonyl (C=O) groups is 2. The van der Waals surface area contributed by atoms with Crippen molar-refractivity contribution in [1.29, 1.82) is 0 Å². The Morgan fingerprint density at radius 1 is 1.58 bits per heavy atom. The second kappa shape index (κ2) is 8.69. The van der Waals surface area contributed by atoms with Gasteiger partial charge in [-0.2, -0.15) is 11.8 Å². The minimum atomic E-state index is -0.555. The van der Waals surface area contributed by atoms with Crippen molar-refractivity contribution in [3.63, 3.8) is 0 Å². The maximum absolute atomic E-state index is 13.2. The summed E-state index contributed by atoms with van der Waals surface area (Å²) in [6.45, 7) is 0.0809. The van der Waals surface area contributed by atoms with Gasteiger partial charge < -0.3 is 15.3 Å². The largest absolute Gasteiger partial charge is 0.394 e. The van der Waals surface area contributed by atoms with Crippen molar-refractivity contribution in [1.82, 2.24) is 5.32 Å². The quantitative estimate of drug-likeness (QED) is 0.766. The summed E-state index contributed by atoms with van der Waals surface area (Å²) in [5, 5.41) is 12.1. The van der Waals surface area contributed by atoms with Gasteiger partial charge in [0.15, 0.2) is 0 Å². The van der Waals surface area contributed by atoms with Gasteiger partial charge in [0.2, 0.25) is 11.8 Å². The Kier molecular flexibility index (Phi) is 6.89. The van der Waals surface area contributed by atoms with Crippen LogP contribution in [0.3, 0.4) is 0 Å². The van der Waals surface area contributed by atoms with E-state index in [4.69, 9.17) is 11.6 Å². The summed E-state index contributed by atoms with van der Waals surface area (Å²) in [4.78, 5) is 25.9. The van der Waals surface area contributed by atoms with Crippen molar-refractivity contribution in [2.24, 2.45) is 5.92 Å². The molecule has 1 fully saturated rings. The summed E-state index contributed by atoms with van der Waals surface area (Å²) in [7, 11) is 0. The number of halogens is 2. The lowest BCUT2D eigenvalue weighted by Crippen LogP contribution is -2.42. The lowest BCUT2D eigenvalue weighted by Gasteiger charge is -2.19. The second-order valence-corrected chi connectivity index (χ2v) is 7.07. The van der Waals surface area contributed by atoms with Crippen molar-refractivity contribution < 1.29 is 19.1 Å². The van der Waals surface area contributed by atoms with Crippen molar-refractivity contribution in [3.05, 3.63) is 29.0 Å². The predicted octanol–water partition coefficient (Wildman–Crippen LogP) is 2.06. The van der Waals surface area contributed by atoms with Crippen molar-refractivity contribution in [3.8, 4) is 0 Å². The Balaban J connectivity index is 2.00. The number of aliphatic hydroxyl groups is 1. The zero-order valence-electron chi connectivity index (χ0n) is 13.3. The molecular weight excluding hydrogens is 355 g/mol. The number of amides is 2. The van der Waals surface area contributed by atoms with Gasteiger partial charge in [0, 0.05) is 18.7 Å². The molecule has 1 aromatic rings. The molecule has 5 nitrogen and oxygen atoms in total. The summed E-state index contributed by atoms with van der Waals surface area (Å²) in [6, 6.07) is 3.73. The van der Waals surface area contributed by atoms with Crippen LogP contribution in [0.4, 0.5) is 10.1 Å². The first kappa shape index (κ1) is 19.0. The number of hydrogen-bond acceptors (Lipinski definition) is 4. The number of aliphatic hydroxyl groups excluding tert-OH is 1. The number of benzene rings is 1. The van der Waals surface area contributed by atoms with E-state index < -0.39 is 11.7 Å². The molecule has 0 radical (unpaired) electrons. The molecule has 0 aliphatic carbocycles. The van der Waals surface area contributed by atoms with Crippen molar-refractivity contribution >= 4 is 40.9 Å². The molecule has 2 N–H and O–H groups in total. The highest BCUT2D eigenvalue weighted by Crippen LogP contribution is 2.28. The molecule has 1 aliphatic heterocycles. The summed E-state index contributed by atoms with van der Waals surface area (Å²) in [5.41, 5.74) is 0.475. The summed E-state index contributed by atoms with van der Waals surface area (Å²) >= 11 is 7.39. The first-order valence-electron chi connectivity index (χ1n) is 7.61. The number of anilines is 1. The average Bonchev–Trinajstić information content (AvgIpc) is 2.95. The van der Waals surface area contributed by atoms with E-state index in [1.54, 1.807) is 11.8 Å². The average molecular weight is 375 g/mol. The van der Waals surface area contributed by atoms with Crippen LogP contribution >= 0.6 is 23.4 Å². The number of rotatable bonds is 7. The summed E-state index contributed by atoms with van der Waals surface area (Å²) < 4.78 is 13.2. The highest BCUT2D eigenvalue weighted by molar-refractivity contribution is 7.98. The van der Waals surface area contributed by atoms with Gasteiger partial charge in [0.25, 0.3) is 0 Å². The number of nitrogens with one attached hydrogen (secondary N) is 1. The lowest BCUT2D eigenvalue weighted by molar-refractivity contribution is -0.127. The Labute approximate surface area is 149 Å². The van der Waals surface area contributed by atoms with Crippen LogP contribution in [0.25, 0.3) is 0 Å². The highest BCUT2D eigenvalue weighted by atomic mass is 35.5. The topological polar surface area (TPSA) is 69.6 Å². The predicted molar refractivity (Wildman–Crippen MR) is 93.9 cm³/mol. The minimum absolute atomic E-state index is 0.0642. The molecule has 2 atom stereocenters. The van der Waals surface area contributed by atoms with Gasteiger partial charge in [-0.05, 0) is 36.6 Å². The Hall–Kier alpha value is -1.31. The Morgan fingerprint density at radius 2 is 2.33 bits per heavy atom. The maximum Gasteiger partial charge on any atom is 0.227 e. The zero-order chi connectivity index (χ0) is 17.7. The lowest BCUT2D eigenvalue weighted by atomic mass is 10.1.